The third-order valence-electron chi connectivity index (χ3n) is 5.28. The minimum Gasteiger partial charge on any atom is -0.323 e. The van der Waals surface area contributed by atoms with Gasteiger partial charge in [-0.3, -0.25) is 13.9 Å². The molecule has 1 aromatic carbocycles. The lowest BCUT2D eigenvalue weighted by Crippen LogP contribution is -2.40. The van der Waals surface area contributed by atoms with Crippen LogP contribution >= 0.6 is 11.6 Å². The van der Waals surface area contributed by atoms with Gasteiger partial charge < -0.3 is 4.98 Å². The Morgan fingerprint density at radius 1 is 1.00 bits per heavy atom. The van der Waals surface area contributed by atoms with E-state index in [4.69, 9.17) is 11.6 Å². The van der Waals surface area contributed by atoms with E-state index in [2.05, 4.69) is 37.5 Å². The summed E-state index contributed by atoms with van der Waals surface area (Å²) in [5, 5.41) is 12.7. The van der Waals surface area contributed by atoms with Crippen LogP contribution in [-0.4, -0.2) is 39.3 Å². The van der Waals surface area contributed by atoms with E-state index in [0.29, 0.717) is 37.4 Å². The molecule has 0 atom stereocenters. The van der Waals surface area contributed by atoms with Crippen molar-refractivity contribution in [3.05, 3.63) is 67.8 Å². The van der Waals surface area contributed by atoms with E-state index in [1.54, 1.807) is 0 Å². The molecule has 3 aromatic heterocycles. The summed E-state index contributed by atoms with van der Waals surface area (Å²) in [5.74, 6) is 0.668. The summed E-state index contributed by atoms with van der Waals surface area (Å²) in [6, 6.07) is 10.1. The monoisotopic (exact) mass is 456 g/mol. The van der Waals surface area contributed by atoms with Gasteiger partial charge in [0.15, 0.2) is 17.0 Å². The second-order valence-corrected chi connectivity index (χ2v) is 7.97. The van der Waals surface area contributed by atoms with Crippen LogP contribution < -0.4 is 11.2 Å². The third-order valence-corrected chi connectivity index (χ3v) is 5.46. The molecule has 0 amide bonds. The molecule has 0 saturated carbocycles. The molecular weight excluding hydrogens is 432 g/mol. The van der Waals surface area contributed by atoms with Gasteiger partial charge in [0, 0.05) is 19.5 Å². The number of nitrogens with one attached hydrogen (secondary N) is 1. The van der Waals surface area contributed by atoms with E-state index in [-0.39, 0.29) is 23.0 Å². The van der Waals surface area contributed by atoms with Crippen molar-refractivity contribution in [2.75, 3.05) is 0 Å². The first-order valence-corrected chi connectivity index (χ1v) is 11.1. The Morgan fingerprint density at radius 2 is 1.78 bits per heavy atom. The molecule has 0 aliphatic carbocycles. The summed E-state index contributed by atoms with van der Waals surface area (Å²) in [6.45, 7) is 3.19. The first kappa shape index (κ1) is 21.9. The normalized spacial score (nSPS) is 11.4. The zero-order chi connectivity index (χ0) is 22.5. The number of aromatic nitrogens is 8. The average Bonchev–Trinajstić information content (AvgIpc) is 3.42. The fraction of sp³-hybridized carbons (Fsp3) is 0.429. The molecule has 0 aliphatic rings. The molecule has 0 bridgehead atoms. The van der Waals surface area contributed by atoms with Crippen LogP contribution in [0.2, 0.25) is 5.28 Å². The fourth-order valence-electron chi connectivity index (χ4n) is 3.60. The molecule has 0 aliphatic heterocycles. The van der Waals surface area contributed by atoms with Crippen molar-refractivity contribution in [2.24, 2.45) is 0 Å². The lowest BCUT2D eigenvalue weighted by molar-refractivity contribution is 0.451. The average molecular weight is 457 g/mol. The zero-order valence-electron chi connectivity index (χ0n) is 17.9. The van der Waals surface area contributed by atoms with Crippen LogP contribution in [0, 0.1) is 0 Å². The molecule has 4 rings (SSSR count). The maximum absolute atomic E-state index is 13.0. The number of halogens is 1. The Morgan fingerprint density at radius 3 is 2.56 bits per heavy atom. The van der Waals surface area contributed by atoms with E-state index in [1.807, 2.05) is 25.1 Å². The number of aryl methyl sites for hydroxylation is 4. The molecule has 0 unspecified atom stereocenters. The Balaban J connectivity index is 1.44. The number of benzene rings is 1. The van der Waals surface area contributed by atoms with Crippen LogP contribution in [0.25, 0.3) is 11.2 Å². The van der Waals surface area contributed by atoms with Crippen LogP contribution in [0.4, 0.5) is 0 Å². The van der Waals surface area contributed by atoms with Gasteiger partial charge in [0.1, 0.15) is 0 Å². The largest absolute Gasteiger partial charge is 0.332 e. The first-order valence-electron chi connectivity index (χ1n) is 10.8. The Kier molecular flexibility index (Phi) is 6.79. The summed E-state index contributed by atoms with van der Waals surface area (Å²) in [5.41, 5.74) is 0.960. The molecule has 4 aromatic rings. The number of hydrogen-bond acceptors (Lipinski definition) is 6. The summed E-state index contributed by atoms with van der Waals surface area (Å²) < 4.78 is 2.73. The van der Waals surface area contributed by atoms with Gasteiger partial charge in [0.2, 0.25) is 5.28 Å². The SMILES string of the molecule is CCCCn1c(=O)n(CCCn2nnc(CCc3ccccc3)n2)c(=O)c2[nH]c(Cl)nc21. The van der Waals surface area contributed by atoms with Gasteiger partial charge in [-0.15, -0.1) is 10.2 Å². The van der Waals surface area contributed by atoms with Crippen molar-refractivity contribution in [3.8, 4) is 0 Å². The first-order chi connectivity index (χ1) is 15.6. The van der Waals surface area contributed by atoms with Crippen molar-refractivity contribution in [3.63, 3.8) is 0 Å². The predicted molar refractivity (Wildman–Crippen MR) is 121 cm³/mol. The molecule has 0 spiro atoms. The molecular formula is C21H25ClN8O2. The maximum Gasteiger partial charge on any atom is 0.332 e. The number of nitrogens with zero attached hydrogens (tertiary/aromatic N) is 7. The second-order valence-electron chi connectivity index (χ2n) is 7.61. The van der Waals surface area contributed by atoms with E-state index < -0.39 is 5.56 Å². The molecule has 10 nitrogen and oxygen atoms in total. The summed E-state index contributed by atoms with van der Waals surface area (Å²) in [4.78, 5) is 34.2. The quantitative estimate of drug-likeness (QED) is 0.366. The van der Waals surface area contributed by atoms with Gasteiger partial charge in [0.05, 0.1) is 6.54 Å². The van der Waals surface area contributed by atoms with Crippen LogP contribution in [0.3, 0.4) is 0 Å². The molecule has 0 saturated heterocycles. The van der Waals surface area contributed by atoms with Gasteiger partial charge >= 0.3 is 5.69 Å². The molecule has 0 fully saturated rings. The van der Waals surface area contributed by atoms with Crippen LogP contribution in [0.15, 0.2) is 39.9 Å². The number of unbranched alkanes of at least 4 members (excludes halogenated alkanes) is 1. The highest BCUT2D eigenvalue weighted by atomic mass is 35.5. The lowest BCUT2D eigenvalue weighted by Gasteiger charge is -2.10. The maximum atomic E-state index is 13.0. The minimum atomic E-state index is -0.424. The summed E-state index contributed by atoms with van der Waals surface area (Å²) >= 11 is 5.96. The van der Waals surface area contributed by atoms with E-state index in [1.165, 1.54) is 19.5 Å². The highest BCUT2D eigenvalue weighted by Crippen LogP contribution is 2.10. The molecule has 0 radical (unpaired) electrons. The van der Waals surface area contributed by atoms with Crippen LogP contribution in [0.1, 0.15) is 37.6 Å². The number of fused-ring (bicyclic) bond motifs is 1. The Bertz CT molecular complexity index is 1310. The number of tetrazole rings is 1. The van der Waals surface area contributed by atoms with Crippen LogP contribution in [0.5, 0.6) is 0 Å². The van der Waals surface area contributed by atoms with Crippen molar-refractivity contribution in [1.82, 2.24) is 39.3 Å². The van der Waals surface area contributed by atoms with Gasteiger partial charge in [-0.2, -0.15) is 9.78 Å². The lowest BCUT2D eigenvalue weighted by atomic mass is 10.1. The third kappa shape index (κ3) is 4.80. The van der Waals surface area contributed by atoms with E-state index in [9.17, 15) is 9.59 Å². The molecule has 32 heavy (non-hydrogen) atoms. The van der Waals surface area contributed by atoms with Crippen molar-refractivity contribution < 1.29 is 0 Å². The van der Waals surface area contributed by atoms with E-state index >= 15 is 0 Å². The molecule has 11 heteroatoms. The highest BCUT2D eigenvalue weighted by molar-refractivity contribution is 6.28. The van der Waals surface area contributed by atoms with Gasteiger partial charge in [0.25, 0.3) is 5.56 Å². The van der Waals surface area contributed by atoms with Gasteiger partial charge in [-0.1, -0.05) is 43.7 Å². The number of H-pyrrole nitrogens is 1. The van der Waals surface area contributed by atoms with Gasteiger partial charge in [-0.25, -0.2) is 4.79 Å². The van der Waals surface area contributed by atoms with Crippen molar-refractivity contribution in [2.45, 2.75) is 58.7 Å². The summed E-state index contributed by atoms with van der Waals surface area (Å²) in [7, 11) is 0. The molecule has 168 valence electrons. The predicted octanol–water partition coefficient (Wildman–Crippen LogP) is 2.20. The number of imidazole rings is 1. The van der Waals surface area contributed by atoms with Crippen molar-refractivity contribution in [1.29, 1.82) is 0 Å². The Labute approximate surface area is 188 Å². The van der Waals surface area contributed by atoms with Gasteiger partial charge in [-0.05, 0) is 41.6 Å². The topological polar surface area (TPSA) is 116 Å². The number of rotatable bonds is 10. The van der Waals surface area contributed by atoms with Crippen molar-refractivity contribution >= 4 is 22.8 Å². The standard InChI is InChI=1S/C21H25ClN8O2/c1-2-3-12-28-18-17(23-20(22)24-18)19(31)29(21(28)32)13-7-14-30-26-16(25-27-30)11-10-15-8-5-4-6-9-15/h4-6,8-9H,2-3,7,10-14H2,1H3,(H,23,24). The number of aromatic amines is 1. The highest BCUT2D eigenvalue weighted by Gasteiger charge is 2.16. The van der Waals surface area contributed by atoms with E-state index in [0.717, 1.165) is 19.3 Å². The minimum absolute atomic E-state index is 0.0920. The second kappa shape index (κ2) is 9.90. The Hall–Kier alpha value is -3.27. The molecule has 1 N–H and O–H groups in total. The summed E-state index contributed by atoms with van der Waals surface area (Å²) in [6.07, 6.45) is 3.75. The number of hydrogen-bond donors (Lipinski definition) is 1. The van der Waals surface area contributed by atoms with Crippen LogP contribution in [-0.2, 0) is 32.5 Å². The zero-order valence-corrected chi connectivity index (χ0v) is 18.6. The smallest absolute Gasteiger partial charge is 0.323 e. The molecule has 3 heterocycles. The fourth-order valence-corrected chi connectivity index (χ4v) is 3.77.